The minimum atomic E-state index is 0.917. The summed E-state index contributed by atoms with van der Waals surface area (Å²) in [6.45, 7) is 0. The monoisotopic (exact) mass is 814 g/mol. The third-order valence-corrected chi connectivity index (χ3v) is 13.6. The van der Waals surface area contributed by atoms with Crippen LogP contribution in [0.4, 0.5) is 34.1 Å². The summed E-state index contributed by atoms with van der Waals surface area (Å²) in [4.78, 5) is 4.95. The van der Waals surface area contributed by atoms with Crippen LogP contribution in [0.3, 0.4) is 0 Å². The predicted molar refractivity (Wildman–Crippen MR) is 270 cm³/mol. The molecule has 0 radical (unpaired) electrons. The van der Waals surface area contributed by atoms with Gasteiger partial charge in [0.2, 0.25) is 0 Å². The molecule has 0 saturated carbocycles. The van der Waals surface area contributed by atoms with Crippen molar-refractivity contribution in [2.75, 3.05) is 9.80 Å². The maximum atomic E-state index is 2.48. The van der Waals surface area contributed by atoms with Crippen molar-refractivity contribution in [2.45, 2.75) is 12.8 Å². The number of hydrogen-bond donors (Lipinski definition) is 0. The van der Waals surface area contributed by atoms with E-state index < -0.39 is 0 Å². The van der Waals surface area contributed by atoms with Crippen molar-refractivity contribution in [3.63, 3.8) is 0 Å². The molecule has 2 heterocycles. The highest BCUT2D eigenvalue weighted by Crippen LogP contribution is 2.51. The highest BCUT2D eigenvalue weighted by Gasteiger charge is 2.27. The number of para-hydroxylation sites is 4. The van der Waals surface area contributed by atoms with E-state index in [1.807, 2.05) is 0 Å². The van der Waals surface area contributed by atoms with Crippen molar-refractivity contribution >= 4 is 66.4 Å². The Bertz CT molecular complexity index is 3550. The lowest BCUT2D eigenvalue weighted by Gasteiger charge is -2.34. The molecule has 300 valence electrons. The summed E-state index contributed by atoms with van der Waals surface area (Å²) in [5.41, 5.74) is 19.9. The lowest BCUT2D eigenvalue weighted by Crippen LogP contribution is -2.18. The maximum absolute atomic E-state index is 2.48. The van der Waals surface area contributed by atoms with Crippen LogP contribution in [0.25, 0.3) is 65.7 Å². The van der Waals surface area contributed by atoms with E-state index in [4.69, 9.17) is 0 Å². The molecule has 0 amide bonds. The summed E-state index contributed by atoms with van der Waals surface area (Å²) in [7, 11) is 0. The van der Waals surface area contributed by atoms with Crippen LogP contribution < -0.4 is 9.80 Å². The number of fused-ring (bicyclic) bond motifs is 7. The summed E-state index contributed by atoms with van der Waals surface area (Å²) in [6.07, 6.45) is 1.84. The lowest BCUT2D eigenvalue weighted by molar-refractivity contribution is 1.09. The Labute approximate surface area is 373 Å². The molecule has 2 nitrogen and oxygen atoms in total. The molecule has 0 saturated heterocycles. The van der Waals surface area contributed by atoms with Gasteiger partial charge in [-0.15, -0.1) is 0 Å². The van der Waals surface area contributed by atoms with Crippen LogP contribution in [0.15, 0.2) is 231 Å². The number of benzene rings is 11. The molecule has 0 spiro atoms. The fourth-order valence-electron chi connectivity index (χ4n) is 10.7. The van der Waals surface area contributed by atoms with Gasteiger partial charge in [-0.05, 0) is 149 Å². The Morgan fingerprint density at radius 3 is 1.22 bits per heavy atom. The van der Waals surface area contributed by atoms with Gasteiger partial charge in [0, 0.05) is 47.0 Å². The smallest absolute Gasteiger partial charge is 0.0497 e. The van der Waals surface area contributed by atoms with Crippen LogP contribution in [0.1, 0.15) is 22.3 Å². The molecule has 13 rings (SSSR count). The van der Waals surface area contributed by atoms with E-state index in [-0.39, 0.29) is 0 Å². The minimum absolute atomic E-state index is 0.917. The molecule has 2 aliphatic heterocycles. The Morgan fingerprint density at radius 2 is 0.672 bits per heavy atom. The average molecular weight is 815 g/mol. The topological polar surface area (TPSA) is 6.48 Å². The third-order valence-electron chi connectivity index (χ3n) is 13.6. The number of hydrogen-bond acceptors (Lipinski definition) is 2. The van der Waals surface area contributed by atoms with Gasteiger partial charge < -0.3 is 9.80 Å². The molecule has 0 bridgehead atoms. The second-order valence-electron chi connectivity index (χ2n) is 17.3. The van der Waals surface area contributed by atoms with Crippen LogP contribution in [-0.2, 0) is 12.8 Å². The molecule has 0 atom stereocenters. The van der Waals surface area contributed by atoms with Crippen LogP contribution in [0.5, 0.6) is 0 Å². The van der Waals surface area contributed by atoms with Crippen LogP contribution in [-0.4, -0.2) is 0 Å². The summed E-state index contributed by atoms with van der Waals surface area (Å²) >= 11 is 0. The number of anilines is 6. The molecule has 0 unspecified atom stereocenters. The Morgan fingerprint density at radius 1 is 0.250 bits per heavy atom. The number of rotatable bonds is 5. The third kappa shape index (κ3) is 5.87. The second kappa shape index (κ2) is 14.7. The standard InChI is InChI=1S/C62H42N2/c1-2-16-42(17-3-1)61-53-33-31-52(64-59-27-12-8-21-48(59)38-49-22-9-13-28-60(49)64)40-56(53)62(50-24-14-23-44(36-50)45-30-29-41-15-4-5-18-43(41)35-45)54-34-32-51(39-55(54)61)63-57-25-10-6-19-46(57)37-47-20-7-11-26-58(47)63/h1-36,39-40H,37-38H2. The fraction of sp³-hybridized carbons (Fsp3) is 0.0323. The predicted octanol–water partition coefficient (Wildman–Crippen LogP) is 16.9. The first-order valence-corrected chi connectivity index (χ1v) is 22.3. The van der Waals surface area contributed by atoms with Gasteiger partial charge in [-0.2, -0.15) is 0 Å². The van der Waals surface area contributed by atoms with Gasteiger partial charge in [0.1, 0.15) is 0 Å². The van der Waals surface area contributed by atoms with E-state index in [1.54, 1.807) is 0 Å². The zero-order valence-electron chi connectivity index (χ0n) is 35.2. The van der Waals surface area contributed by atoms with Gasteiger partial charge >= 0.3 is 0 Å². The van der Waals surface area contributed by atoms with Gasteiger partial charge in [0.25, 0.3) is 0 Å². The molecule has 2 heteroatoms. The van der Waals surface area contributed by atoms with Gasteiger partial charge in [-0.3, -0.25) is 0 Å². The van der Waals surface area contributed by atoms with Crippen molar-refractivity contribution < 1.29 is 0 Å². The highest BCUT2D eigenvalue weighted by atomic mass is 15.2. The maximum Gasteiger partial charge on any atom is 0.0497 e. The minimum Gasteiger partial charge on any atom is -0.310 e. The van der Waals surface area contributed by atoms with E-state index in [0.29, 0.717) is 0 Å². The Balaban J connectivity index is 1.11. The van der Waals surface area contributed by atoms with Gasteiger partial charge in [0.15, 0.2) is 0 Å². The van der Waals surface area contributed by atoms with Crippen LogP contribution >= 0.6 is 0 Å². The average Bonchev–Trinajstić information content (AvgIpc) is 3.36. The lowest BCUT2D eigenvalue weighted by atomic mass is 9.84. The molecule has 0 aliphatic carbocycles. The van der Waals surface area contributed by atoms with Crippen molar-refractivity contribution in [1.29, 1.82) is 0 Å². The first-order valence-electron chi connectivity index (χ1n) is 22.3. The molecule has 11 aromatic rings. The molecular formula is C62H42N2. The summed E-state index contributed by atoms with van der Waals surface area (Å²) < 4.78 is 0. The summed E-state index contributed by atoms with van der Waals surface area (Å²) in [6, 6.07) is 85.6. The van der Waals surface area contributed by atoms with Crippen molar-refractivity contribution in [2.24, 2.45) is 0 Å². The largest absolute Gasteiger partial charge is 0.310 e. The summed E-state index contributed by atoms with van der Waals surface area (Å²) in [5.74, 6) is 0. The van der Waals surface area contributed by atoms with E-state index in [9.17, 15) is 0 Å². The highest BCUT2D eigenvalue weighted by molar-refractivity contribution is 6.23. The molecule has 11 aromatic carbocycles. The summed E-state index contributed by atoms with van der Waals surface area (Å²) in [5, 5.41) is 7.39. The van der Waals surface area contributed by atoms with Crippen LogP contribution in [0.2, 0.25) is 0 Å². The van der Waals surface area contributed by atoms with Crippen molar-refractivity contribution in [1.82, 2.24) is 0 Å². The fourth-order valence-corrected chi connectivity index (χ4v) is 10.7. The molecule has 0 N–H and O–H groups in total. The Kier molecular flexibility index (Phi) is 8.39. The van der Waals surface area contributed by atoms with E-state index in [1.165, 1.54) is 111 Å². The van der Waals surface area contributed by atoms with Crippen molar-refractivity contribution in [3.05, 3.63) is 253 Å². The van der Waals surface area contributed by atoms with Crippen LogP contribution in [0, 0.1) is 0 Å². The quantitative estimate of drug-likeness (QED) is 0.160. The van der Waals surface area contributed by atoms with Gasteiger partial charge in [0.05, 0.1) is 0 Å². The first kappa shape index (κ1) is 36.5. The normalized spacial score (nSPS) is 12.8. The molecule has 0 fully saturated rings. The first-order chi connectivity index (χ1) is 31.7. The van der Waals surface area contributed by atoms with E-state index in [0.717, 1.165) is 24.2 Å². The zero-order chi connectivity index (χ0) is 42.1. The molecule has 2 aliphatic rings. The van der Waals surface area contributed by atoms with Gasteiger partial charge in [-0.25, -0.2) is 0 Å². The second-order valence-corrected chi connectivity index (χ2v) is 17.3. The molecule has 64 heavy (non-hydrogen) atoms. The molecular weight excluding hydrogens is 773 g/mol. The Hall–Kier alpha value is -8.20. The van der Waals surface area contributed by atoms with E-state index in [2.05, 4.69) is 240 Å². The van der Waals surface area contributed by atoms with Crippen molar-refractivity contribution in [3.8, 4) is 33.4 Å². The molecule has 0 aromatic heterocycles. The number of nitrogens with zero attached hydrogens (tertiary/aromatic N) is 2. The zero-order valence-corrected chi connectivity index (χ0v) is 35.2. The van der Waals surface area contributed by atoms with E-state index >= 15 is 0 Å². The van der Waals surface area contributed by atoms with Gasteiger partial charge in [-0.1, -0.05) is 170 Å². The SMILES string of the molecule is c1ccc(-c2c3ccc(N4c5ccccc5Cc5ccccc54)cc3c(-c3cccc(-c4ccc5ccccc5c4)c3)c3ccc(N4c5ccccc5Cc5ccccc54)cc23)cc1.